The number of benzene rings is 1. The SMILES string of the molecule is CNC(COCC(F)(F)F)Cc1ccc(F)c(Br)c1. The minimum absolute atomic E-state index is 0.0645. The van der Waals surface area contributed by atoms with Gasteiger partial charge in [0.1, 0.15) is 12.4 Å². The first-order valence-electron chi connectivity index (χ1n) is 5.57. The summed E-state index contributed by atoms with van der Waals surface area (Å²) in [6.07, 6.45) is -3.87. The number of nitrogens with one attached hydrogen (secondary N) is 1. The lowest BCUT2D eigenvalue weighted by molar-refractivity contribution is -0.175. The molecule has 7 heteroatoms. The summed E-state index contributed by atoms with van der Waals surface area (Å²) in [6, 6.07) is 4.24. The van der Waals surface area contributed by atoms with E-state index in [9.17, 15) is 17.6 Å². The number of likely N-dealkylation sites (N-methyl/N-ethyl adjacent to an activating group) is 1. The molecule has 108 valence electrons. The Morgan fingerprint density at radius 3 is 2.58 bits per heavy atom. The highest BCUT2D eigenvalue weighted by Crippen LogP contribution is 2.18. The lowest BCUT2D eigenvalue weighted by Gasteiger charge is -2.17. The van der Waals surface area contributed by atoms with E-state index < -0.39 is 12.8 Å². The first-order valence-corrected chi connectivity index (χ1v) is 6.37. The van der Waals surface area contributed by atoms with Crippen LogP contribution in [0.3, 0.4) is 0 Å². The molecule has 0 aliphatic carbocycles. The highest BCUT2D eigenvalue weighted by molar-refractivity contribution is 9.10. The molecule has 0 spiro atoms. The first-order chi connectivity index (χ1) is 8.81. The molecule has 0 aromatic heterocycles. The maximum Gasteiger partial charge on any atom is 0.411 e. The lowest BCUT2D eigenvalue weighted by atomic mass is 10.1. The van der Waals surface area contributed by atoms with Gasteiger partial charge in [0.05, 0.1) is 11.1 Å². The van der Waals surface area contributed by atoms with Gasteiger partial charge in [-0.15, -0.1) is 0 Å². The van der Waals surface area contributed by atoms with Crippen LogP contribution in [-0.2, 0) is 11.2 Å². The normalized spacial score (nSPS) is 13.6. The van der Waals surface area contributed by atoms with Gasteiger partial charge in [0, 0.05) is 6.04 Å². The van der Waals surface area contributed by atoms with Gasteiger partial charge in [0.15, 0.2) is 0 Å². The van der Waals surface area contributed by atoms with E-state index in [0.29, 0.717) is 10.9 Å². The Morgan fingerprint density at radius 1 is 1.37 bits per heavy atom. The molecule has 0 aliphatic heterocycles. The second-order valence-corrected chi connectivity index (χ2v) is 4.92. The van der Waals surface area contributed by atoms with E-state index in [1.165, 1.54) is 6.07 Å². The van der Waals surface area contributed by atoms with Gasteiger partial charge in [-0.2, -0.15) is 13.2 Å². The minimum atomic E-state index is -4.32. The largest absolute Gasteiger partial charge is 0.411 e. The Kier molecular flexibility index (Phi) is 6.22. The molecule has 1 aromatic carbocycles. The topological polar surface area (TPSA) is 21.3 Å². The summed E-state index contributed by atoms with van der Waals surface area (Å²) < 4.78 is 53.8. The van der Waals surface area contributed by atoms with Crippen molar-refractivity contribution in [3.63, 3.8) is 0 Å². The highest BCUT2D eigenvalue weighted by Gasteiger charge is 2.27. The molecule has 19 heavy (non-hydrogen) atoms. The molecule has 1 N–H and O–H groups in total. The molecular weight excluding hydrogens is 330 g/mol. The Morgan fingerprint density at radius 2 is 2.05 bits per heavy atom. The van der Waals surface area contributed by atoms with Crippen LogP contribution in [0.1, 0.15) is 5.56 Å². The average Bonchev–Trinajstić information content (AvgIpc) is 2.31. The van der Waals surface area contributed by atoms with Crippen LogP contribution in [0.25, 0.3) is 0 Å². The number of rotatable bonds is 6. The van der Waals surface area contributed by atoms with Crippen molar-refractivity contribution in [3.05, 3.63) is 34.1 Å². The predicted molar refractivity (Wildman–Crippen MR) is 67.5 cm³/mol. The fourth-order valence-corrected chi connectivity index (χ4v) is 1.94. The van der Waals surface area contributed by atoms with E-state index in [1.54, 1.807) is 19.2 Å². The van der Waals surface area contributed by atoms with Gasteiger partial charge in [-0.1, -0.05) is 6.07 Å². The molecule has 2 nitrogen and oxygen atoms in total. The Hall–Kier alpha value is -0.660. The third kappa shape index (κ3) is 6.35. The summed E-state index contributed by atoms with van der Waals surface area (Å²) in [5, 5.41) is 2.87. The van der Waals surface area contributed by atoms with Gasteiger partial charge in [-0.25, -0.2) is 4.39 Å². The van der Waals surface area contributed by atoms with Gasteiger partial charge in [0.25, 0.3) is 0 Å². The number of halogens is 5. The number of ether oxygens (including phenoxy) is 1. The Balaban J connectivity index is 2.49. The van der Waals surface area contributed by atoms with Crippen LogP contribution in [0.2, 0.25) is 0 Å². The summed E-state index contributed by atoms with van der Waals surface area (Å²) in [6.45, 7) is -1.33. The highest BCUT2D eigenvalue weighted by atomic mass is 79.9. The summed E-state index contributed by atoms with van der Waals surface area (Å²) in [4.78, 5) is 0. The van der Waals surface area contributed by atoms with E-state index >= 15 is 0 Å². The second-order valence-electron chi connectivity index (χ2n) is 4.07. The van der Waals surface area contributed by atoms with Crippen molar-refractivity contribution in [2.24, 2.45) is 0 Å². The molecule has 0 bridgehead atoms. The average molecular weight is 344 g/mol. The minimum Gasteiger partial charge on any atom is -0.370 e. The Labute approximate surface area is 117 Å². The van der Waals surface area contributed by atoms with Crippen LogP contribution in [0.15, 0.2) is 22.7 Å². The summed E-state index contributed by atoms with van der Waals surface area (Å²) >= 11 is 3.06. The fourth-order valence-electron chi connectivity index (χ4n) is 1.51. The van der Waals surface area contributed by atoms with Gasteiger partial charge in [-0.05, 0) is 47.1 Å². The van der Waals surface area contributed by atoms with Gasteiger partial charge in [0.2, 0.25) is 0 Å². The van der Waals surface area contributed by atoms with Crippen molar-refractivity contribution in [1.29, 1.82) is 0 Å². The van der Waals surface area contributed by atoms with Crippen molar-refractivity contribution in [2.45, 2.75) is 18.6 Å². The van der Waals surface area contributed by atoms with E-state index in [-0.39, 0.29) is 18.5 Å². The second kappa shape index (κ2) is 7.21. The number of alkyl halides is 3. The molecule has 0 saturated heterocycles. The van der Waals surface area contributed by atoms with Crippen LogP contribution in [0, 0.1) is 5.82 Å². The van der Waals surface area contributed by atoms with Gasteiger partial charge < -0.3 is 10.1 Å². The fraction of sp³-hybridized carbons (Fsp3) is 0.500. The van der Waals surface area contributed by atoms with Crippen LogP contribution in [0.4, 0.5) is 17.6 Å². The summed E-state index contributed by atoms with van der Waals surface area (Å²) in [7, 11) is 1.64. The summed E-state index contributed by atoms with van der Waals surface area (Å²) in [5.74, 6) is -0.377. The van der Waals surface area contributed by atoms with E-state index in [1.807, 2.05) is 0 Å². The first kappa shape index (κ1) is 16.4. The predicted octanol–water partition coefficient (Wildman–Crippen LogP) is 3.30. The molecular formula is C12H14BrF4NO. The summed E-state index contributed by atoms with van der Waals surface area (Å²) in [5.41, 5.74) is 0.809. The molecule has 0 amide bonds. The molecule has 1 rings (SSSR count). The molecule has 1 atom stereocenters. The van der Waals surface area contributed by atoms with Crippen molar-refractivity contribution < 1.29 is 22.3 Å². The lowest BCUT2D eigenvalue weighted by Crippen LogP contribution is -2.34. The quantitative estimate of drug-likeness (QED) is 0.800. The van der Waals surface area contributed by atoms with Crippen LogP contribution in [0.5, 0.6) is 0 Å². The van der Waals surface area contributed by atoms with Gasteiger partial charge in [-0.3, -0.25) is 0 Å². The zero-order chi connectivity index (χ0) is 14.5. The molecule has 0 aliphatic rings. The third-order valence-corrected chi connectivity index (χ3v) is 3.07. The van der Waals surface area contributed by atoms with Crippen LogP contribution >= 0.6 is 15.9 Å². The zero-order valence-electron chi connectivity index (χ0n) is 10.2. The molecule has 0 saturated carbocycles. The molecule has 1 unspecified atom stereocenters. The standard InChI is InChI=1S/C12H14BrF4NO/c1-18-9(6-19-7-12(15,16)17)4-8-2-3-11(14)10(13)5-8/h2-3,5,9,18H,4,6-7H2,1H3. The van der Waals surface area contributed by atoms with Crippen molar-refractivity contribution >= 4 is 15.9 Å². The van der Waals surface area contributed by atoms with Gasteiger partial charge >= 0.3 is 6.18 Å². The molecule has 1 aromatic rings. The third-order valence-electron chi connectivity index (χ3n) is 2.46. The monoisotopic (exact) mass is 343 g/mol. The Bertz CT molecular complexity index is 411. The van der Waals surface area contributed by atoms with Crippen molar-refractivity contribution in [1.82, 2.24) is 5.32 Å². The number of hydrogen-bond donors (Lipinski definition) is 1. The molecule has 0 heterocycles. The van der Waals surface area contributed by atoms with E-state index in [4.69, 9.17) is 0 Å². The van der Waals surface area contributed by atoms with E-state index in [0.717, 1.165) is 5.56 Å². The number of hydrogen-bond acceptors (Lipinski definition) is 2. The maximum absolute atomic E-state index is 13.0. The van der Waals surface area contributed by atoms with Crippen LogP contribution < -0.4 is 5.32 Å². The van der Waals surface area contributed by atoms with Crippen molar-refractivity contribution in [3.8, 4) is 0 Å². The zero-order valence-corrected chi connectivity index (χ0v) is 11.8. The smallest absolute Gasteiger partial charge is 0.370 e. The van der Waals surface area contributed by atoms with Crippen LogP contribution in [-0.4, -0.2) is 32.5 Å². The van der Waals surface area contributed by atoms with Crippen molar-refractivity contribution in [2.75, 3.05) is 20.3 Å². The maximum atomic E-state index is 13.0. The molecule has 0 fully saturated rings. The van der Waals surface area contributed by atoms with E-state index in [2.05, 4.69) is 26.0 Å². The molecule has 0 radical (unpaired) electrons.